The van der Waals surface area contributed by atoms with E-state index in [9.17, 15) is 18.0 Å². The van der Waals surface area contributed by atoms with Gasteiger partial charge in [0.05, 0.1) is 18.2 Å². The van der Waals surface area contributed by atoms with Gasteiger partial charge in [-0.3, -0.25) is 4.79 Å². The largest absolute Gasteiger partial charge is 0.495 e. The molecule has 12 heteroatoms. The number of nitrogens with zero attached hydrogens (tertiary/aromatic N) is 5. The summed E-state index contributed by atoms with van der Waals surface area (Å²) in [5, 5.41) is 11.9. The van der Waals surface area contributed by atoms with Crippen LogP contribution < -0.4 is 15.4 Å². The van der Waals surface area contributed by atoms with Gasteiger partial charge in [0.1, 0.15) is 5.75 Å². The van der Waals surface area contributed by atoms with Crippen molar-refractivity contribution in [2.45, 2.75) is 33.0 Å². The average molecular weight is 526 g/mol. The molecule has 0 bridgehead atoms. The zero-order chi connectivity index (χ0) is 27.2. The van der Waals surface area contributed by atoms with Crippen molar-refractivity contribution in [3.63, 3.8) is 0 Å². The van der Waals surface area contributed by atoms with Crippen molar-refractivity contribution in [3.05, 3.63) is 58.8 Å². The number of benzene rings is 2. The highest BCUT2D eigenvalue weighted by Gasteiger charge is 2.43. The SMILES string of the molecule is COc1cc2c(cc1Nc1ncc3c(Nc4c(C)cccc4C)nn(C)c3n1)CCN(C(=O)C(F)(F)F)C2. The highest BCUT2D eigenvalue weighted by atomic mass is 19.4. The van der Waals surface area contributed by atoms with Crippen LogP contribution in [0.3, 0.4) is 0 Å². The number of aryl methyl sites for hydroxylation is 3. The Morgan fingerprint density at radius 2 is 1.84 bits per heavy atom. The summed E-state index contributed by atoms with van der Waals surface area (Å²) in [6.45, 7) is 3.88. The van der Waals surface area contributed by atoms with Gasteiger partial charge < -0.3 is 20.3 Å². The molecule has 1 aliphatic rings. The molecule has 38 heavy (non-hydrogen) atoms. The van der Waals surface area contributed by atoms with Crippen LogP contribution in [-0.2, 0) is 24.8 Å². The number of rotatable bonds is 5. The Bertz CT molecular complexity index is 1530. The second-order valence-corrected chi connectivity index (χ2v) is 9.22. The molecule has 0 unspecified atom stereocenters. The lowest BCUT2D eigenvalue weighted by molar-refractivity contribution is -0.186. The second kappa shape index (κ2) is 9.51. The minimum Gasteiger partial charge on any atom is -0.495 e. The van der Waals surface area contributed by atoms with Crippen molar-refractivity contribution >= 4 is 40.1 Å². The molecule has 1 aliphatic heterocycles. The minimum atomic E-state index is -4.90. The summed E-state index contributed by atoms with van der Waals surface area (Å²) in [5.74, 6) is -0.498. The van der Waals surface area contributed by atoms with Crippen LogP contribution in [0.15, 0.2) is 36.5 Å². The molecule has 2 aromatic heterocycles. The smallest absolute Gasteiger partial charge is 0.471 e. The Kier molecular flexibility index (Phi) is 6.33. The quantitative estimate of drug-likeness (QED) is 0.382. The minimum absolute atomic E-state index is 0.0231. The fourth-order valence-corrected chi connectivity index (χ4v) is 4.65. The first kappa shape index (κ1) is 25.3. The van der Waals surface area contributed by atoms with E-state index in [1.807, 2.05) is 32.0 Å². The highest BCUT2D eigenvalue weighted by molar-refractivity contribution is 5.90. The number of methoxy groups -OCH3 is 1. The summed E-state index contributed by atoms with van der Waals surface area (Å²) in [6.07, 6.45) is -2.94. The van der Waals surface area contributed by atoms with Gasteiger partial charge in [-0.15, -0.1) is 0 Å². The summed E-state index contributed by atoms with van der Waals surface area (Å²) in [5.41, 5.74) is 5.75. The molecule has 0 atom stereocenters. The number of hydrogen-bond donors (Lipinski definition) is 2. The van der Waals surface area contributed by atoms with E-state index < -0.39 is 12.1 Å². The number of aromatic nitrogens is 4. The number of anilines is 4. The van der Waals surface area contributed by atoms with Crippen LogP contribution in [-0.4, -0.2) is 50.4 Å². The third kappa shape index (κ3) is 4.69. The van der Waals surface area contributed by atoms with Crippen LogP contribution in [0.1, 0.15) is 22.3 Å². The third-order valence-corrected chi connectivity index (χ3v) is 6.61. The molecule has 3 heterocycles. The molecule has 0 saturated heterocycles. The van der Waals surface area contributed by atoms with Crippen molar-refractivity contribution in [1.82, 2.24) is 24.6 Å². The first-order valence-electron chi connectivity index (χ1n) is 11.9. The molecule has 2 aromatic carbocycles. The lowest BCUT2D eigenvalue weighted by atomic mass is 9.98. The van der Waals surface area contributed by atoms with Crippen LogP contribution >= 0.6 is 0 Å². The van der Waals surface area contributed by atoms with E-state index in [0.29, 0.717) is 34.4 Å². The van der Waals surface area contributed by atoms with Crippen molar-refractivity contribution in [2.75, 3.05) is 24.3 Å². The van der Waals surface area contributed by atoms with Crippen molar-refractivity contribution in [1.29, 1.82) is 0 Å². The fraction of sp³-hybridized carbons (Fsp3) is 0.308. The van der Waals surface area contributed by atoms with Crippen LogP contribution in [0.2, 0.25) is 0 Å². The maximum absolute atomic E-state index is 12.9. The van der Waals surface area contributed by atoms with E-state index >= 15 is 0 Å². The number of carbonyl (C=O) groups excluding carboxylic acids is 1. The van der Waals surface area contributed by atoms with Gasteiger partial charge in [0.15, 0.2) is 11.5 Å². The molecule has 0 saturated carbocycles. The van der Waals surface area contributed by atoms with Gasteiger partial charge in [0.2, 0.25) is 5.95 Å². The first-order chi connectivity index (χ1) is 18.0. The number of para-hydroxylation sites is 1. The van der Waals surface area contributed by atoms with E-state index in [2.05, 4.69) is 25.7 Å². The van der Waals surface area contributed by atoms with Gasteiger partial charge in [-0.1, -0.05) is 18.2 Å². The molecule has 4 aromatic rings. The fourth-order valence-electron chi connectivity index (χ4n) is 4.65. The van der Waals surface area contributed by atoms with Gasteiger partial charge >= 0.3 is 12.1 Å². The van der Waals surface area contributed by atoms with E-state index in [4.69, 9.17) is 4.74 Å². The van der Waals surface area contributed by atoms with E-state index in [-0.39, 0.29) is 19.5 Å². The number of fused-ring (bicyclic) bond motifs is 2. The predicted octanol–water partition coefficient (Wildman–Crippen LogP) is 4.92. The molecule has 0 fully saturated rings. The lowest BCUT2D eigenvalue weighted by Crippen LogP contribution is -2.43. The van der Waals surface area contributed by atoms with Gasteiger partial charge in [-0.05, 0) is 54.7 Å². The molecular weight excluding hydrogens is 499 g/mol. The standard InChI is InChI=1S/C26H26F3N7O2/c1-14-6-5-7-15(2)21(14)32-22-18-12-30-25(33-23(18)35(3)34-22)31-19-10-16-8-9-36(24(37)26(27,28)29)13-17(16)11-20(19)38-4/h5-7,10-12H,8-9,13H2,1-4H3,(H,32,34)(H,30,31,33). The third-order valence-electron chi connectivity index (χ3n) is 6.61. The van der Waals surface area contributed by atoms with Gasteiger partial charge in [-0.25, -0.2) is 9.67 Å². The summed E-state index contributed by atoms with van der Waals surface area (Å²) < 4.78 is 45.8. The lowest BCUT2D eigenvalue weighted by Gasteiger charge is -2.30. The predicted molar refractivity (Wildman–Crippen MR) is 137 cm³/mol. The number of amides is 1. The summed E-state index contributed by atoms with van der Waals surface area (Å²) in [4.78, 5) is 21.6. The van der Waals surface area contributed by atoms with Gasteiger partial charge in [-0.2, -0.15) is 23.3 Å². The van der Waals surface area contributed by atoms with Crippen LogP contribution in [0, 0.1) is 13.8 Å². The number of halogens is 3. The normalized spacial score (nSPS) is 13.4. The zero-order valence-corrected chi connectivity index (χ0v) is 21.3. The number of nitrogens with one attached hydrogen (secondary N) is 2. The maximum Gasteiger partial charge on any atom is 0.471 e. The maximum atomic E-state index is 12.9. The summed E-state index contributed by atoms with van der Waals surface area (Å²) in [6, 6.07) is 9.49. The van der Waals surface area contributed by atoms with Crippen molar-refractivity contribution < 1.29 is 22.7 Å². The van der Waals surface area contributed by atoms with Crippen LogP contribution in [0.25, 0.3) is 11.0 Å². The number of hydrogen-bond acceptors (Lipinski definition) is 7. The molecule has 0 radical (unpaired) electrons. The molecule has 2 N–H and O–H groups in total. The molecule has 198 valence electrons. The molecule has 0 aliphatic carbocycles. The van der Waals surface area contributed by atoms with E-state index in [1.165, 1.54) is 7.11 Å². The number of carbonyl (C=O) groups is 1. The van der Waals surface area contributed by atoms with E-state index in [0.717, 1.165) is 32.7 Å². The number of alkyl halides is 3. The Hall–Kier alpha value is -4.35. The summed E-state index contributed by atoms with van der Waals surface area (Å²) >= 11 is 0. The molecule has 9 nitrogen and oxygen atoms in total. The molecule has 1 amide bonds. The van der Waals surface area contributed by atoms with Crippen LogP contribution in [0.5, 0.6) is 5.75 Å². The molecular formula is C26H26F3N7O2. The van der Waals surface area contributed by atoms with Gasteiger partial charge in [0, 0.05) is 32.0 Å². The zero-order valence-electron chi connectivity index (χ0n) is 21.3. The summed E-state index contributed by atoms with van der Waals surface area (Å²) in [7, 11) is 3.26. The Balaban J connectivity index is 1.41. The van der Waals surface area contributed by atoms with E-state index in [1.54, 1.807) is 30.1 Å². The topological polar surface area (TPSA) is 97.2 Å². The molecule has 5 rings (SSSR count). The monoisotopic (exact) mass is 525 g/mol. The first-order valence-corrected chi connectivity index (χ1v) is 11.9. The average Bonchev–Trinajstić information content (AvgIpc) is 3.19. The number of ether oxygens (including phenoxy) is 1. The molecule has 0 spiro atoms. The Morgan fingerprint density at radius 3 is 2.53 bits per heavy atom. The van der Waals surface area contributed by atoms with Crippen LogP contribution in [0.4, 0.5) is 36.3 Å². The Labute approximate surface area is 216 Å². The van der Waals surface area contributed by atoms with Crippen molar-refractivity contribution in [2.24, 2.45) is 7.05 Å². The second-order valence-electron chi connectivity index (χ2n) is 9.22. The highest BCUT2D eigenvalue weighted by Crippen LogP contribution is 2.35. The van der Waals surface area contributed by atoms with Gasteiger partial charge in [0.25, 0.3) is 0 Å². The Morgan fingerprint density at radius 1 is 1.11 bits per heavy atom. The van der Waals surface area contributed by atoms with Crippen molar-refractivity contribution in [3.8, 4) is 5.75 Å².